The maximum atomic E-state index is 12.3. The molecule has 1 aliphatic rings. The number of methoxy groups -OCH3 is 2. The standard InChI is InChI=1S/C25H33N3O3/c1-30-23-11-10-22(19-24(23)31-2)12-13-26-25(29)20-28-17-15-27(16-18-28)14-6-9-21-7-4-3-5-8-21/h3-11,19H,12-18,20H2,1-2H3,(H,26,29)/b9-6+. The molecule has 1 amide bonds. The highest BCUT2D eigenvalue weighted by atomic mass is 16.5. The molecule has 0 aromatic heterocycles. The summed E-state index contributed by atoms with van der Waals surface area (Å²) in [6.45, 7) is 5.82. The Bertz CT molecular complexity index is 846. The Morgan fingerprint density at radius 2 is 1.68 bits per heavy atom. The number of hydrogen-bond acceptors (Lipinski definition) is 5. The van der Waals surface area contributed by atoms with Crippen molar-refractivity contribution in [1.29, 1.82) is 0 Å². The van der Waals surface area contributed by atoms with E-state index in [1.165, 1.54) is 5.56 Å². The molecule has 6 nitrogen and oxygen atoms in total. The first-order valence-electron chi connectivity index (χ1n) is 10.8. The van der Waals surface area contributed by atoms with Gasteiger partial charge in [-0.2, -0.15) is 0 Å². The van der Waals surface area contributed by atoms with Gasteiger partial charge in [0.05, 0.1) is 20.8 Å². The SMILES string of the molecule is COc1ccc(CCNC(=O)CN2CCN(C/C=C/c3ccccc3)CC2)cc1OC. The maximum absolute atomic E-state index is 12.3. The van der Waals surface area contributed by atoms with Crippen LogP contribution in [0, 0.1) is 0 Å². The molecule has 0 aliphatic carbocycles. The molecule has 0 unspecified atom stereocenters. The summed E-state index contributed by atoms with van der Waals surface area (Å²) in [4.78, 5) is 17.0. The molecule has 6 heteroatoms. The molecule has 31 heavy (non-hydrogen) atoms. The van der Waals surface area contributed by atoms with Crippen LogP contribution in [0.3, 0.4) is 0 Å². The van der Waals surface area contributed by atoms with E-state index in [0.717, 1.165) is 44.7 Å². The van der Waals surface area contributed by atoms with Gasteiger partial charge in [0.2, 0.25) is 5.91 Å². The lowest BCUT2D eigenvalue weighted by Crippen LogP contribution is -2.49. The second kappa shape index (κ2) is 12.1. The van der Waals surface area contributed by atoms with Crippen molar-refractivity contribution in [3.05, 3.63) is 65.7 Å². The fourth-order valence-corrected chi connectivity index (χ4v) is 3.67. The first kappa shape index (κ1) is 22.8. The van der Waals surface area contributed by atoms with Crippen molar-refractivity contribution in [2.75, 3.05) is 60.0 Å². The maximum Gasteiger partial charge on any atom is 0.234 e. The number of piperazine rings is 1. The van der Waals surface area contributed by atoms with E-state index in [1.54, 1.807) is 14.2 Å². The molecule has 1 N–H and O–H groups in total. The Morgan fingerprint density at radius 1 is 0.968 bits per heavy atom. The molecule has 1 heterocycles. The van der Waals surface area contributed by atoms with E-state index in [1.807, 2.05) is 24.3 Å². The number of rotatable bonds is 10. The number of amides is 1. The van der Waals surface area contributed by atoms with Crippen molar-refractivity contribution in [2.45, 2.75) is 6.42 Å². The van der Waals surface area contributed by atoms with E-state index < -0.39 is 0 Å². The van der Waals surface area contributed by atoms with Crippen molar-refractivity contribution < 1.29 is 14.3 Å². The molecule has 3 rings (SSSR count). The molecule has 0 atom stereocenters. The summed E-state index contributed by atoms with van der Waals surface area (Å²) in [5.74, 6) is 1.51. The summed E-state index contributed by atoms with van der Waals surface area (Å²) in [5.41, 5.74) is 2.33. The Balaban J connectivity index is 1.32. The second-order valence-electron chi connectivity index (χ2n) is 7.68. The van der Waals surface area contributed by atoms with Gasteiger partial charge in [-0.3, -0.25) is 14.6 Å². The van der Waals surface area contributed by atoms with Crippen LogP contribution in [-0.4, -0.2) is 75.7 Å². The fraction of sp³-hybridized carbons (Fsp3) is 0.400. The fourth-order valence-electron chi connectivity index (χ4n) is 3.67. The number of nitrogens with one attached hydrogen (secondary N) is 1. The van der Waals surface area contributed by atoms with Gasteiger partial charge in [-0.25, -0.2) is 0 Å². The number of carbonyl (C=O) groups is 1. The zero-order valence-corrected chi connectivity index (χ0v) is 18.5. The molecule has 0 spiro atoms. The predicted octanol–water partition coefficient (Wildman–Crippen LogP) is 2.69. The molecular formula is C25H33N3O3. The minimum absolute atomic E-state index is 0.0814. The highest BCUT2D eigenvalue weighted by molar-refractivity contribution is 5.78. The Kier molecular flexibility index (Phi) is 8.94. The molecular weight excluding hydrogens is 390 g/mol. The van der Waals surface area contributed by atoms with Gasteiger partial charge in [0.15, 0.2) is 11.5 Å². The van der Waals surface area contributed by atoms with Crippen LogP contribution in [0.5, 0.6) is 11.5 Å². The minimum Gasteiger partial charge on any atom is -0.493 e. The molecule has 0 bridgehead atoms. The molecule has 1 saturated heterocycles. The first-order valence-corrected chi connectivity index (χ1v) is 10.8. The summed E-state index contributed by atoms with van der Waals surface area (Å²) in [6.07, 6.45) is 5.14. The van der Waals surface area contributed by atoms with Crippen LogP contribution in [0.4, 0.5) is 0 Å². The Morgan fingerprint density at radius 3 is 2.39 bits per heavy atom. The van der Waals surface area contributed by atoms with Crippen molar-refractivity contribution in [3.63, 3.8) is 0 Å². The van der Waals surface area contributed by atoms with Crippen LogP contribution < -0.4 is 14.8 Å². The highest BCUT2D eigenvalue weighted by Crippen LogP contribution is 2.27. The predicted molar refractivity (Wildman–Crippen MR) is 125 cm³/mol. The van der Waals surface area contributed by atoms with E-state index in [4.69, 9.17) is 9.47 Å². The second-order valence-corrected chi connectivity index (χ2v) is 7.68. The molecule has 1 fully saturated rings. The first-order chi connectivity index (χ1) is 15.2. The third kappa shape index (κ3) is 7.42. The number of benzene rings is 2. The van der Waals surface area contributed by atoms with E-state index in [9.17, 15) is 4.79 Å². The quantitative estimate of drug-likeness (QED) is 0.637. The van der Waals surface area contributed by atoms with Gasteiger partial charge in [-0.1, -0.05) is 48.6 Å². The van der Waals surface area contributed by atoms with Gasteiger partial charge in [-0.15, -0.1) is 0 Å². The zero-order valence-electron chi connectivity index (χ0n) is 18.5. The molecule has 1 aliphatic heterocycles. The average Bonchev–Trinajstić information content (AvgIpc) is 2.81. The summed E-state index contributed by atoms with van der Waals surface area (Å²) < 4.78 is 10.6. The summed E-state index contributed by atoms with van der Waals surface area (Å²) in [6, 6.07) is 16.2. The molecule has 2 aromatic rings. The van der Waals surface area contributed by atoms with Gasteiger partial charge in [-0.05, 0) is 29.7 Å². The average molecular weight is 424 g/mol. The monoisotopic (exact) mass is 423 g/mol. The third-order valence-electron chi connectivity index (χ3n) is 5.49. The van der Waals surface area contributed by atoms with Gasteiger partial charge in [0, 0.05) is 39.3 Å². The van der Waals surface area contributed by atoms with E-state index in [2.05, 4.69) is 51.5 Å². The third-order valence-corrected chi connectivity index (χ3v) is 5.49. The smallest absolute Gasteiger partial charge is 0.234 e. The number of hydrogen-bond donors (Lipinski definition) is 1. The summed E-state index contributed by atoms with van der Waals surface area (Å²) in [7, 11) is 3.25. The topological polar surface area (TPSA) is 54.0 Å². The lowest BCUT2D eigenvalue weighted by atomic mass is 10.1. The number of carbonyl (C=O) groups excluding carboxylic acids is 1. The van der Waals surface area contributed by atoms with E-state index >= 15 is 0 Å². The summed E-state index contributed by atoms with van der Waals surface area (Å²) in [5, 5.41) is 3.03. The van der Waals surface area contributed by atoms with Crippen LogP contribution in [0.2, 0.25) is 0 Å². The van der Waals surface area contributed by atoms with E-state index in [0.29, 0.717) is 24.6 Å². The zero-order chi connectivity index (χ0) is 21.9. The normalized spacial score (nSPS) is 15.2. The van der Waals surface area contributed by atoms with Gasteiger partial charge >= 0.3 is 0 Å². The molecule has 2 aromatic carbocycles. The highest BCUT2D eigenvalue weighted by Gasteiger charge is 2.18. The van der Waals surface area contributed by atoms with Crippen LogP contribution in [0.15, 0.2) is 54.6 Å². The lowest BCUT2D eigenvalue weighted by Gasteiger charge is -2.33. The molecule has 166 valence electrons. The van der Waals surface area contributed by atoms with Crippen molar-refractivity contribution in [2.24, 2.45) is 0 Å². The van der Waals surface area contributed by atoms with Gasteiger partial charge in [0.1, 0.15) is 0 Å². The van der Waals surface area contributed by atoms with Gasteiger partial charge in [0.25, 0.3) is 0 Å². The minimum atomic E-state index is 0.0814. The lowest BCUT2D eigenvalue weighted by molar-refractivity contribution is -0.122. The van der Waals surface area contributed by atoms with Crippen molar-refractivity contribution in [1.82, 2.24) is 15.1 Å². The van der Waals surface area contributed by atoms with Crippen molar-refractivity contribution >= 4 is 12.0 Å². The van der Waals surface area contributed by atoms with E-state index in [-0.39, 0.29) is 5.91 Å². The Hall–Kier alpha value is -2.83. The molecule has 0 radical (unpaired) electrons. The van der Waals surface area contributed by atoms with Crippen molar-refractivity contribution in [3.8, 4) is 11.5 Å². The van der Waals surface area contributed by atoms with Gasteiger partial charge < -0.3 is 14.8 Å². The van der Waals surface area contributed by atoms with Crippen LogP contribution >= 0.6 is 0 Å². The summed E-state index contributed by atoms with van der Waals surface area (Å²) >= 11 is 0. The molecule has 0 saturated carbocycles. The Labute approximate surface area is 185 Å². The number of ether oxygens (including phenoxy) is 2. The van der Waals surface area contributed by atoms with Crippen LogP contribution in [0.1, 0.15) is 11.1 Å². The largest absolute Gasteiger partial charge is 0.493 e. The van der Waals surface area contributed by atoms with Crippen LogP contribution in [-0.2, 0) is 11.2 Å². The van der Waals surface area contributed by atoms with Crippen LogP contribution in [0.25, 0.3) is 6.08 Å². The number of nitrogens with zero attached hydrogens (tertiary/aromatic N) is 2.